The van der Waals surface area contributed by atoms with E-state index in [9.17, 15) is 0 Å². The van der Waals surface area contributed by atoms with Crippen molar-refractivity contribution >= 4 is 0 Å². The van der Waals surface area contributed by atoms with E-state index in [0.29, 0.717) is 0 Å². The van der Waals surface area contributed by atoms with Crippen LogP contribution in [0.3, 0.4) is 0 Å². The van der Waals surface area contributed by atoms with Crippen LogP contribution in [0.4, 0.5) is 0 Å². The van der Waals surface area contributed by atoms with Gasteiger partial charge in [0.15, 0.2) is 0 Å². The predicted molar refractivity (Wildman–Crippen MR) is 76.2 cm³/mol. The maximum atomic E-state index is 5.38. The highest BCUT2D eigenvalue weighted by molar-refractivity contribution is 5.43. The molecule has 2 heteroatoms. The summed E-state index contributed by atoms with van der Waals surface area (Å²) in [5, 5.41) is 0. The lowest BCUT2D eigenvalue weighted by Crippen LogP contribution is -2.36. The number of piperidine rings is 1. The summed E-state index contributed by atoms with van der Waals surface area (Å²) in [5.74, 6) is 1.00. The van der Waals surface area contributed by atoms with Gasteiger partial charge in [0, 0.05) is 12.6 Å². The van der Waals surface area contributed by atoms with E-state index in [-0.39, 0.29) is 0 Å². The molecule has 0 aliphatic carbocycles. The first kappa shape index (κ1) is 13.4. The molecule has 1 aliphatic rings. The zero-order valence-electron chi connectivity index (χ0n) is 12.1. The van der Waals surface area contributed by atoms with Gasteiger partial charge in [-0.15, -0.1) is 0 Å². The standard InChI is InChI=1S/C16H25NO/c1-12-7-5-6-10-17(12)11-15-8-9-16(18-4)14(3)13(15)2/h8-9,12H,5-7,10-11H2,1-4H3/t12-/m0/s1. The second kappa shape index (κ2) is 5.75. The SMILES string of the molecule is COc1ccc(CN2CCCC[C@@H]2C)c(C)c1C. The van der Waals surface area contributed by atoms with Crippen LogP contribution in [0.25, 0.3) is 0 Å². The van der Waals surface area contributed by atoms with Crippen molar-refractivity contribution in [3.63, 3.8) is 0 Å². The molecule has 2 nitrogen and oxygen atoms in total. The van der Waals surface area contributed by atoms with E-state index in [1.165, 1.54) is 42.5 Å². The summed E-state index contributed by atoms with van der Waals surface area (Å²) in [7, 11) is 1.74. The van der Waals surface area contributed by atoms with Gasteiger partial charge < -0.3 is 4.74 Å². The fourth-order valence-electron chi connectivity index (χ4n) is 2.86. The van der Waals surface area contributed by atoms with Crippen molar-refractivity contribution < 1.29 is 4.74 Å². The van der Waals surface area contributed by atoms with Gasteiger partial charge >= 0.3 is 0 Å². The molecule has 18 heavy (non-hydrogen) atoms. The Bertz CT molecular complexity index is 414. The minimum Gasteiger partial charge on any atom is -0.496 e. The average molecular weight is 247 g/mol. The smallest absolute Gasteiger partial charge is 0.122 e. The molecule has 2 rings (SSSR count). The summed E-state index contributed by atoms with van der Waals surface area (Å²) in [6.45, 7) is 9.04. The Balaban J connectivity index is 2.16. The Kier molecular flexibility index (Phi) is 4.28. The Morgan fingerprint density at radius 2 is 2.00 bits per heavy atom. The molecule has 0 amide bonds. The van der Waals surface area contributed by atoms with E-state index in [4.69, 9.17) is 4.74 Å². The Morgan fingerprint density at radius 3 is 2.67 bits per heavy atom. The molecular weight excluding hydrogens is 222 g/mol. The van der Waals surface area contributed by atoms with Crippen LogP contribution < -0.4 is 4.74 Å². The molecule has 1 aromatic carbocycles. The number of methoxy groups -OCH3 is 1. The third-order valence-electron chi connectivity index (χ3n) is 4.38. The Morgan fingerprint density at radius 1 is 1.22 bits per heavy atom. The van der Waals surface area contributed by atoms with Crippen molar-refractivity contribution in [1.29, 1.82) is 0 Å². The molecule has 100 valence electrons. The Labute approximate surface area is 111 Å². The van der Waals surface area contributed by atoms with Gasteiger partial charge in [-0.2, -0.15) is 0 Å². The minimum absolute atomic E-state index is 0.723. The molecule has 0 radical (unpaired) electrons. The third-order valence-corrected chi connectivity index (χ3v) is 4.38. The lowest BCUT2D eigenvalue weighted by Gasteiger charge is -2.34. The second-order valence-electron chi connectivity index (χ2n) is 5.49. The van der Waals surface area contributed by atoms with Crippen LogP contribution in [0, 0.1) is 13.8 Å². The van der Waals surface area contributed by atoms with Crippen molar-refractivity contribution in [2.24, 2.45) is 0 Å². The summed E-state index contributed by atoms with van der Waals surface area (Å²) in [4.78, 5) is 2.61. The highest BCUT2D eigenvalue weighted by Crippen LogP contribution is 2.26. The molecule has 1 heterocycles. The van der Waals surface area contributed by atoms with E-state index in [0.717, 1.165) is 18.3 Å². The maximum Gasteiger partial charge on any atom is 0.122 e. The van der Waals surface area contributed by atoms with Crippen LogP contribution in [0.5, 0.6) is 5.75 Å². The number of hydrogen-bond donors (Lipinski definition) is 0. The number of ether oxygens (including phenoxy) is 1. The fraction of sp³-hybridized carbons (Fsp3) is 0.625. The summed E-state index contributed by atoms with van der Waals surface area (Å²) in [6.07, 6.45) is 4.07. The van der Waals surface area contributed by atoms with Gasteiger partial charge in [0.05, 0.1) is 7.11 Å². The van der Waals surface area contributed by atoms with Crippen molar-refractivity contribution in [3.8, 4) is 5.75 Å². The first-order valence-electron chi connectivity index (χ1n) is 7.00. The molecule has 1 saturated heterocycles. The van der Waals surface area contributed by atoms with Gasteiger partial charge in [-0.1, -0.05) is 12.5 Å². The largest absolute Gasteiger partial charge is 0.496 e. The van der Waals surface area contributed by atoms with Gasteiger partial charge in [-0.3, -0.25) is 4.90 Å². The molecule has 0 bridgehead atoms. The summed E-state index contributed by atoms with van der Waals surface area (Å²) in [5.41, 5.74) is 4.11. The highest BCUT2D eigenvalue weighted by Gasteiger charge is 2.19. The molecule has 0 N–H and O–H groups in total. The minimum atomic E-state index is 0.723. The van der Waals surface area contributed by atoms with Crippen molar-refractivity contribution in [3.05, 3.63) is 28.8 Å². The van der Waals surface area contributed by atoms with Crippen molar-refractivity contribution in [2.75, 3.05) is 13.7 Å². The molecule has 1 fully saturated rings. The second-order valence-corrected chi connectivity index (χ2v) is 5.49. The van der Waals surface area contributed by atoms with Crippen molar-refractivity contribution in [1.82, 2.24) is 4.90 Å². The first-order valence-corrected chi connectivity index (χ1v) is 7.00. The molecule has 1 atom stereocenters. The lowest BCUT2D eigenvalue weighted by molar-refractivity contribution is 0.152. The zero-order valence-corrected chi connectivity index (χ0v) is 12.1. The zero-order chi connectivity index (χ0) is 13.1. The van der Waals surface area contributed by atoms with Gasteiger partial charge in [0.1, 0.15) is 5.75 Å². The quantitative estimate of drug-likeness (QED) is 0.807. The van der Waals surface area contributed by atoms with Crippen LogP contribution in [0.2, 0.25) is 0 Å². The molecule has 0 aromatic heterocycles. The van der Waals surface area contributed by atoms with Gasteiger partial charge in [-0.25, -0.2) is 0 Å². The fourth-order valence-corrected chi connectivity index (χ4v) is 2.86. The van der Waals surface area contributed by atoms with E-state index < -0.39 is 0 Å². The van der Waals surface area contributed by atoms with Crippen LogP contribution in [0.15, 0.2) is 12.1 Å². The average Bonchev–Trinajstić information content (AvgIpc) is 2.38. The maximum absolute atomic E-state index is 5.38. The van der Waals surface area contributed by atoms with E-state index in [1.54, 1.807) is 7.11 Å². The predicted octanol–water partition coefficient (Wildman–Crippen LogP) is 3.69. The molecule has 0 spiro atoms. The number of rotatable bonds is 3. The number of likely N-dealkylation sites (tertiary alicyclic amines) is 1. The van der Waals surface area contributed by atoms with Crippen molar-refractivity contribution in [2.45, 2.75) is 52.6 Å². The molecule has 1 aliphatic heterocycles. The Hall–Kier alpha value is -1.02. The monoisotopic (exact) mass is 247 g/mol. The summed E-state index contributed by atoms with van der Waals surface area (Å²) in [6, 6.07) is 5.05. The first-order chi connectivity index (χ1) is 8.63. The number of hydrogen-bond acceptors (Lipinski definition) is 2. The van der Waals surface area contributed by atoms with E-state index >= 15 is 0 Å². The molecular formula is C16H25NO. The van der Waals surface area contributed by atoms with Crippen LogP contribution in [0.1, 0.15) is 42.9 Å². The highest BCUT2D eigenvalue weighted by atomic mass is 16.5. The van der Waals surface area contributed by atoms with Crippen LogP contribution in [-0.4, -0.2) is 24.6 Å². The van der Waals surface area contributed by atoms with Crippen LogP contribution in [-0.2, 0) is 6.54 Å². The van der Waals surface area contributed by atoms with Gasteiger partial charge in [-0.05, 0) is 62.9 Å². The van der Waals surface area contributed by atoms with Gasteiger partial charge in [0.25, 0.3) is 0 Å². The summed E-state index contributed by atoms with van der Waals surface area (Å²) >= 11 is 0. The van der Waals surface area contributed by atoms with Gasteiger partial charge in [0.2, 0.25) is 0 Å². The number of nitrogens with zero attached hydrogens (tertiary/aromatic N) is 1. The van der Waals surface area contributed by atoms with Crippen LogP contribution >= 0.6 is 0 Å². The summed E-state index contributed by atoms with van der Waals surface area (Å²) < 4.78 is 5.38. The number of benzene rings is 1. The topological polar surface area (TPSA) is 12.5 Å². The van der Waals surface area contributed by atoms with E-state index in [2.05, 4.69) is 37.8 Å². The normalized spacial score (nSPS) is 21.0. The van der Waals surface area contributed by atoms with E-state index in [1.807, 2.05) is 0 Å². The third kappa shape index (κ3) is 2.69. The molecule has 1 aromatic rings. The molecule has 0 saturated carbocycles. The molecule has 0 unspecified atom stereocenters. The lowest BCUT2D eigenvalue weighted by atomic mass is 9.99.